The van der Waals surface area contributed by atoms with Gasteiger partial charge in [-0.15, -0.1) is 0 Å². The summed E-state index contributed by atoms with van der Waals surface area (Å²) in [6, 6.07) is 6.23. The van der Waals surface area contributed by atoms with Gasteiger partial charge in [0.1, 0.15) is 11.4 Å². The minimum absolute atomic E-state index is 0.0183. The third kappa shape index (κ3) is 3.33. The van der Waals surface area contributed by atoms with Crippen LogP contribution in [0.15, 0.2) is 24.4 Å². The second kappa shape index (κ2) is 5.65. The van der Waals surface area contributed by atoms with Gasteiger partial charge in [-0.05, 0) is 44.9 Å². The summed E-state index contributed by atoms with van der Waals surface area (Å²) in [5, 5.41) is 3.21. The molecule has 2 heterocycles. The van der Waals surface area contributed by atoms with Gasteiger partial charge in [0.15, 0.2) is 5.78 Å². The van der Waals surface area contributed by atoms with Gasteiger partial charge in [-0.2, -0.15) is 0 Å². The van der Waals surface area contributed by atoms with Crippen LogP contribution in [0.4, 0.5) is 5.95 Å². The van der Waals surface area contributed by atoms with Crippen LogP contribution < -0.4 is 10.1 Å². The number of anilines is 1. The second-order valence-electron chi connectivity index (χ2n) is 6.58. The first-order valence-electron chi connectivity index (χ1n) is 7.73. The maximum atomic E-state index is 11.4. The summed E-state index contributed by atoms with van der Waals surface area (Å²) < 4.78 is 5.89. The average Bonchev–Trinajstić information content (AvgIpc) is 2.77. The van der Waals surface area contributed by atoms with E-state index in [2.05, 4.69) is 35.2 Å². The van der Waals surface area contributed by atoms with E-state index in [9.17, 15) is 4.79 Å². The van der Waals surface area contributed by atoms with Gasteiger partial charge in [0, 0.05) is 19.2 Å². The van der Waals surface area contributed by atoms with Gasteiger partial charge < -0.3 is 10.1 Å². The molecule has 1 aliphatic rings. The minimum atomic E-state index is -0.128. The molecule has 23 heavy (non-hydrogen) atoms. The molecule has 3 rings (SSSR count). The van der Waals surface area contributed by atoms with Crippen molar-refractivity contribution in [3.8, 4) is 5.75 Å². The van der Waals surface area contributed by atoms with E-state index in [1.807, 2.05) is 19.1 Å². The quantitative estimate of drug-likeness (QED) is 0.878. The normalized spacial score (nSPS) is 15.0. The summed E-state index contributed by atoms with van der Waals surface area (Å²) >= 11 is 0. The number of benzene rings is 1. The number of carbonyl (C=O) groups is 1. The fourth-order valence-electron chi connectivity index (χ4n) is 2.85. The van der Waals surface area contributed by atoms with Crippen molar-refractivity contribution in [1.29, 1.82) is 0 Å². The highest BCUT2D eigenvalue weighted by Crippen LogP contribution is 2.35. The van der Waals surface area contributed by atoms with Crippen molar-refractivity contribution in [1.82, 2.24) is 9.97 Å². The van der Waals surface area contributed by atoms with Crippen LogP contribution in [-0.4, -0.2) is 21.4 Å². The predicted molar refractivity (Wildman–Crippen MR) is 89.0 cm³/mol. The summed E-state index contributed by atoms with van der Waals surface area (Å²) in [7, 11) is 0. The lowest BCUT2D eigenvalue weighted by Crippen LogP contribution is -2.24. The van der Waals surface area contributed by atoms with Crippen LogP contribution in [0.25, 0.3) is 0 Å². The van der Waals surface area contributed by atoms with Gasteiger partial charge in [0.05, 0.1) is 11.3 Å². The van der Waals surface area contributed by atoms with E-state index in [4.69, 9.17) is 4.74 Å². The molecule has 1 aliphatic heterocycles. The molecule has 0 unspecified atom stereocenters. The predicted octanol–water partition coefficient (Wildman–Crippen LogP) is 3.31. The lowest BCUT2D eigenvalue weighted by Gasteiger charge is -2.16. The van der Waals surface area contributed by atoms with E-state index in [0.717, 1.165) is 17.7 Å². The molecule has 2 aromatic rings. The number of hydrogen-bond acceptors (Lipinski definition) is 5. The highest BCUT2D eigenvalue weighted by atomic mass is 16.5. The molecule has 0 bridgehead atoms. The number of rotatable bonds is 4. The molecule has 1 N–H and O–H groups in total. The van der Waals surface area contributed by atoms with E-state index in [0.29, 0.717) is 23.8 Å². The van der Waals surface area contributed by atoms with Crippen molar-refractivity contribution in [3.63, 3.8) is 0 Å². The molecule has 0 radical (unpaired) electrons. The van der Waals surface area contributed by atoms with Crippen LogP contribution in [0.1, 0.15) is 48.0 Å². The Bertz CT molecular complexity index is 769. The van der Waals surface area contributed by atoms with Crippen LogP contribution in [0.3, 0.4) is 0 Å². The number of aromatic nitrogens is 2. The van der Waals surface area contributed by atoms with E-state index in [1.54, 1.807) is 6.20 Å². The highest BCUT2D eigenvalue weighted by molar-refractivity contribution is 5.94. The summed E-state index contributed by atoms with van der Waals surface area (Å²) in [6.07, 6.45) is 2.49. The Hall–Kier alpha value is -2.43. The van der Waals surface area contributed by atoms with Gasteiger partial charge in [0.25, 0.3) is 0 Å². The summed E-state index contributed by atoms with van der Waals surface area (Å²) in [5.74, 6) is 1.48. The van der Waals surface area contributed by atoms with Crippen LogP contribution in [0, 0.1) is 6.92 Å². The van der Waals surface area contributed by atoms with Crippen LogP contribution in [0.2, 0.25) is 0 Å². The molecule has 0 aliphatic carbocycles. The van der Waals surface area contributed by atoms with Crippen molar-refractivity contribution in [2.45, 2.75) is 46.3 Å². The van der Waals surface area contributed by atoms with Crippen molar-refractivity contribution >= 4 is 11.7 Å². The molecular formula is C18H21N3O2. The molecule has 5 heteroatoms. The molecule has 0 atom stereocenters. The van der Waals surface area contributed by atoms with Crippen molar-refractivity contribution < 1.29 is 9.53 Å². The molecular weight excluding hydrogens is 290 g/mol. The fraction of sp³-hybridized carbons (Fsp3) is 0.389. The first-order chi connectivity index (χ1) is 10.8. The number of aryl methyl sites for hydroxylation is 1. The number of fused-ring (bicyclic) bond motifs is 1. The second-order valence-corrected chi connectivity index (χ2v) is 6.58. The third-order valence-electron chi connectivity index (χ3n) is 3.94. The molecule has 1 aromatic carbocycles. The number of carbonyl (C=O) groups excluding carboxylic acids is 1. The Morgan fingerprint density at radius 3 is 2.87 bits per heavy atom. The molecule has 5 nitrogen and oxygen atoms in total. The lowest BCUT2D eigenvalue weighted by molar-refractivity contribution is 0.101. The molecule has 0 amide bonds. The number of Topliss-reactive ketones (excluding diaryl/α,β-unsaturated/α-hetero) is 1. The first kappa shape index (κ1) is 15.5. The van der Waals surface area contributed by atoms with Gasteiger partial charge in [0.2, 0.25) is 5.95 Å². The molecule has 1 aromatic heterocycles. The van der Waals surface area contributed by atoms with Gasteiger partial charge in [-0.1, -0.05) is 12.1 Å². The molecule has 0 saturated heterocycles. The van der Waals surface area contributed by atoms with E-state index < -0.39 is 0 Å². The third-order valence-corrected chi connectivity index (χ3v) is 3.94. The summed E-state index contributed by atoms with van der Waals surface area (Å²) in [6.45, 7) is 8.16. The topological polar surface area (TPSA) is 64.1 Å². The maximum absolute atomic E-state index is 11.4. The van der Waals surface area contributed by atoms with Gasteiger partial charge in [-0.25, -0.2) is 9.97 Å². The monoisotopic (exact) mass is 311 g/mol. The van der Waals surface area contributed by atoms with Crippen LogP contribution in [-0.2, 0) is 13.0 Å². The van der Waals surface area contributed by atoms with E-state index >= 15 is 0 Å². The Morgan fingerprint density at radius 1 is 1.39 bits per heavy atom. The van der Waals surface area contributed by atoms with E-state index in [1.165, 1.54) is 12.5 Å². The largest absolute Gasteiger partial charge is 0.487 e. The number of nitrogens with zero attached hydrogens (tertiary/aromatic N) is 2. The number of ether oxygens (including phenoxy) is 1. The van der Waals surface area contributed by atoms with Crippen molar-refractivity contribution in [3.05, 3.63) is 46.8 Å². The zero-order chi connectivity index (χ0) is 16.6. The maximum Gasteiger partial charge on any atom is 0.223 e. The Labute approximate surface area is 136 Å². The van der Waals surface area contributed by atoms with Gasteiger partial charge >= 0.3 is 0 Å². The van der Waals surface area contributed by atoms with Crippen LogP contribution >= 0.6 is 0 Å². The minimum Gasteiger partial charge on any atom is -0.487 e. The van der Waals surface area contributed by atoms with Crippen molar-refractivity contribution in [2.24, 2.45) is 0 Å². The molecule has 0 fully saturated rings. The zero-order valence-electron chi connectivity index (χ0n) is 13.9. The first-order valence-corrected chi connectivity index (χ1v) is 7.73. The SMILES string of the molecule is CC(=O)c1cnc(NCc2ccc3c(c2)CC(C)(C)O3)nc1C. The smallest absolute Gasteiger partial charge is 0.223 e. The lowest BCUT2D eigenvalue weighted by atomic mass is 10.0. The summed E-state index contributed by atoms with van der Waals surface area (Å²) in [4.78, 5) is 19.9. The number of ketones is 1. The Balaban J connectivity index is 1.70. The number of nitrogens with one attached hydrogen (secondary N) is 1. The van der Waals surface area contributed by atoms with E-state index in [-0.39, 0.29) is 11.4 Å². The van der Waals surface area contributed by atoms with Gasteiger partial charge in [-0.3, -0.25) is 4.79 Å². The standard InChI is InChI=1S/C18H21N3O2/c1-11-15(12(2)22)10-20-17(21-11)19-9-13-5-6-16-14(7-13)8-18(3,4)23-16/h5-7,10H,8-9H2,1-4H3,(H,19,20,21). The van der Waals surface area contributed by atoms with Crippen molar-refractivity contribution in [2.75, 3.05) is 5.32 Å². The Kier molecular flexibility index (Phi) is 3.80. The summed E-state index contributed by atoms with van der Waals surface area (Å²) in [5.41, 5.74) is 3.52. The average molecular weight is 311 g/mol. The Morgan fingerprint density at radius 2 is 2.17 bits per heavy atom. The molecule has 0 spiro atoms. The molecule has 0 saturated carbocycles. The zero-order valence-corrected chi connectivity index (χ0v) is 13.9. The number of hydrogen-bond donors (Lipinski definition) is 1. The highest BCUT2D eigenvalue weighted by Gasteiger charge is 2.29. The van der Waals surface area contributed by atoms with Crippen LogP contribution in [0.5, 0.6) is 5.75 Å². The molecule has 120 valence electrons. The fourth-order valence-corrected chi connectivity index (χ4v) is 2.85.